The summed E-state index contributed by atoms with van der Waals surface area (Å²) >= 11 is 0. The Bertz CT molecular complexity index is 484. The van der Waals surface area contributed by atoms with E-state index in [4.69, 9.17) is 5.11 Å². The maximum atomic E-state index is 11.9. The summed E-state index contributed by atoms with van der Waals surface area (Å²) in [6.07, 6.45) is 2.41. The van der Waals surface area contributed by atoms with E-state index in [0.29, 0.717) is 13.0 Å². The maximum absolute atomic E-state index is 11.9. The Hall–Kier alpha value is -1.88. The van der Waals surface area contributed by atoms with E-state index in [9.17, 15) is 9.59 Å². The first-order valence-corrected chi connectivity index (χ1v) is 6.96. The molecule has 1 saturated heterocycles. The summed E-state index contributed by atoms with van der Waals surface area (Å²) in [5.41, 5.74) is 1.96. The second-order valence-corrected chi connectivity index (χ2v) is 5.07. The topological polar surface area (TPSA) is 69.6 Å². The molecule has 108 valence electrons. The molecule has 0 aromatic heterocycles. The number of benzene rings is 1. The molecule has 0 spiro atoms. The summed E-state index contributed by atoms with van der Waals surface area (Å²) in [5, 5.41) is 11.9. The molecule has 1 aliphatic rings. The van der Waals surface area contributed by atoms with Crippen LogP contribution in [0.5, 0.6) is 0 Å². The third-order valence-corrected chi connectivity index (χ3v) is 3.64. The van der Waals surface area contributed by atoms with Crippen LogP contribution in [0.4, 0.5) is 5.69 Å². The van der Waals surface area contributed by atoms with Gasteiger partial charge in [0.05, 0.1) is 6.54 Å². The second kappa shape index (κ2) is 6.52. The van der Waals surface area contributed by atoms with E-state index >= 15 is 0 Å². The molecule has 2 N–H and O–H groups in total. The minimum Gasteiger partial charge on any atom is -0.480 e. The van der Waals surface area contributed by atoms with Crippen molar-refractivity contribution in [3.05, 3.63) is 29.8 Å². The van der Waals surface area contributed by atoms with Crippen molar-refractivity contribution in [3.63, 3.8) is 0 Å². The van der Waals surface area contributed by atoms with Crippen LogP contribution in [0.3, 0.4) is 0 Å². The fraction of sp³-hybridized carbons (Fsp3) is 0.467. The van der Waals surface area contributed by atoms with Crippen LogP contribution in [-0.4, -0.2) is 41.0 Å². The molecule has 5 nitrogen and oxygen atoms in total. The quantitative estimate of drug-likeness (QED) is 0.859. The molecule has 1 aromatic carbocycles. The molecule has 1 unspecified atom stereocenters. The van der Waals surface area contributed by atoms with Crippen molar-refractivity contribution in [1.29, 1.82) is 0 Å². The van der Waals surface area contributed by atoms with Gasteiger partial charge in [-0.05, 0) is 43.5 Å². The number of likely N-dealkylation sites (tertiary alicyclic amines) is 1. The molecule has 2 rings (SSSR count). The lowest BCUT2D eigenvalue weighted by Gasteiger charge is -2.20. The number of nitrogens with zero attached hydrogens (tertiary/aromatic N) is 1. The number of rotatable bonds is 5. The smallest absolute Gasteiger partial charge is 0.320 e. The molecule has 0 radical (unpaired) electrons. The number of carbonyl (C=O) groups is 2. The zero-order chi connectivity index (χ0) is 14.5. The maximum Gasteiger partial charge on any atom is 0.320 e. The molecular formula is C15H20N2O3. The highest BCUT2D eigenvalue weighted by molar-refractivity contribution is 5.92. The minimum absolute atomic E-state index is 0.131. The highest BCUT2D eigenvalue weighted by Crippen LogP contribution is 2.17. The Morgan fingerprint density at radius 2 is 2.05 bits per heavy atom. The van der Waals surface area contributed by atoms with Gasteiger partial charge in [0.1, 0.15) is 6.04 Å². The van der Waals surface area contributed by atoms with Crippen LogP contribution in [0, 0.1) is 0 Å². The number of carboxylic acid groups (broad SMARTS) is 1. The van der Waals surface area contributed by atoms with Gasteiger partial charge in [-0.25, -0.2) is 0 Å². The van der Waals surface area contributed by atoms with Gasteiger partial charge >= 0.3 is 5.97 Å². The third-order valence-electron chi connectivity index (χ3n) is 3.64. The van der Waals surface area contributed by atoms with Crippen molar-refractivity contribution in [2.45, 2.75) is 32.2 Å². The van der Waals surface area contributed by atoms with Crippen LogP contribution in [0.25, 0.3) is 0 Å². The molecule has 0 bridgehead atoms. The van der Waals surface area contributed by atoms with Crippen LogP contribution >= 0.6 is 0 Å². The first kappa shape index (κ1) is 14.5. The van der Waals surface area contributed by atoms with E-state index in [1.165, 1.54) is 5.56 Å². The van der Waals surface area contributed by atoms with Gasteiger partial charge in [0.25, 0.3) is 0 Å². The lowest BCUT2D eigenvalue weighted by molar-refractivity contribution is -0.142. The van der Waals surface area contributed by atoms with Crippen LogP contribution < -0.4 is 5.32 Å². The number of aryl methyl sites for hydroxylation is 1. The molecule has 5 heteroatoms. The Morgan fingerprint density at radius 1 is 1.35 bits per heavy atom. The van der Waals surface area contributed by atoms with Crippen molar-refractivity contribution in [2.75, 3.05) is 18.4 Å². The van der Waals surface area contributed by atoms with Crippen molar-refractivity contribution in [1.82, 2.24) is 4.90 Å². The second-order valence-electron chi connectivity index (χ2n) is 5.07. The molecule has 1 fully saturated rings. The molecule has 20 heavy (non-hydrogen) atoms. The van der Waals surface area contributed by atoms with Crippen LogP contribution in [0.15, 0.2) is 24.3 Å². The van der Waals surface area contributed by atoms with E-state index in [-0.39, 0.29) is 12.5 Å². The van der Waals surface area contributed by atoms with Gasteiger partial charge in [-0.15, -0.1) is 0 Å². The van der Waals surface area contributed by atoms with Gasteiger partial charge in [-0.1, -0.05) is 19.1 Å². The average Bonchev–Trinajstić information content (AvgIpc) is 2.87. The van der Waals surface area contributed by atoms with E-state index < -0.39 is 12.0 Å². The van der Waals surface area contributed by atoms with Crippen molar-refractivity contribution in [3.8, 4) is 0 Å². The predicted molar refractivity (Wildman–Crippen MR) is 76.7 cm³/mol. The Labute approximate surface area is 118 Å². The molecule has 0 saturated carbocycles. The van der Waals surface area contributed by atoms with Crippen LogP contribution in [0.1, 0.15) is 25.3 Å². The SMILES string of the molecule is CCc1ccc(NC(=O)CN2CCCC2C(=O)O)cc1. The van der Waals surface area contributed by atoms with Gasteiger partial charge in [-0.2, -0.15) is 0 Å². The summed E-state index contributed by atoms with van der Waals surface area (Å²) in [6, 6.07) is 7.17. The molecule has 0 aliphatic carbocycles. The Balaban J connectivity index is 1.90. The predicted octanol–water partition coefficient (Wildman–Crippen LogP) is 1.74. The Kier molecular flexibility index (Phi) is 4.74. The van der Waals surface area contributed by atoms with Gasteiger partial charge < -0.3 is 10.4 Å². The zero-order valence-electron chi connectivity index (χ0n) is 11.6. The molecule has 1 aromatic rings. The van der Waals surface area contributed by atoms with Gasteiger partial charge in [0, 0.05) is 5.69 Å². The largest absolute Gasteiger partial charge is 0.480 e. The zero-order valence-corrected chi connectivity index (χ0v) is 11.6. The molecule has 1 heterocycles. The lowest BCUT2D eigenvalue weighted by atomic mass is 10.1. The number of carbonyl (C=O) groups excluding carboxylic acids is 1. The minimum atomic E-state index is -0.845. The molecule has 1 amide bonds. The molecule has 1 atom stereocenters. The molecule has 1 aliphatic heterocycles. The van der Waals surface area contributed by atoms with Crippen molar-refractivity contribution >= 4 is 17.6 Å². The normalized spacial score (nSPS) is 18.9. The monoisotopic (exact) mass is 276 g/mol. The summed E-state index contributed by atoms with van der Waals surface area (Å²) in [5.74, 6) is -1.01. The van der Waals surface area contributed by atoms with Crippen molar-refractivity contribution in [2.24, 2.45) is 0 Å². The van der Waals surface area contributed by atoms with Crippen molar-refractivity contribution < 1.29 is 14.7 Å². The van der Waals surface area contributed by atoms with Gasteiger partial charge in [0.2, 0.25) is 5.91 Å². The number of aliphatic carboxylic acids is 1. The number of hydrogen-bond acceptors (Lipinski definition) is 3. The summed E-state index contributed by atoms with van der Waals surface area (Å²) in [7, 11) is 0. The van der Waals surface area contributed by atoms with Gasteiger partial charge in [0.15, 0.2) is 0 Å². The molecular weight excluding hydrogens is 256 g/mol. The first-order chi connectivity index (χ1) is 9.60. The van der Waals surface area contributed by atoms with Gasteiger partial charge in [-0.3, -0.25) is 14.5 Å². The summed E-state index contributed by atoms with van der Waals surface area (Å²) in [6.45, 7) is 2.87. The number of hydrogen-bond donors (Lipinski definition) is 2. The first-order valence-electron chi connectivity index (χ1n) is 6.96. The summed E-state index contributed by atoms with van der Waals surface area (Å²) in [4.78, 5) is 24.7. The van der Waals surface area contributed by atoms with E-state index in [2.05, 4.69) is 12.2 Å². The number of nitrogens with one attached hydrogen (secondary N) is 1. The fourth-order valence-corrected chi connectivity index (χ4v) is 2.50. The number of amides is 1. The summed E-state index contributed by atoms with van der Waals surface area (Å²) < 4.78 is 0. The average molecular weight is 276 g/mol. The lowest BCUT2D eigenvalue weighted by Crippen LogP contribution is -2.40. The van der Waals surface area contributed by atoms with Crippen LogP contribution in [-0.2, 0) is 16.0 Å². The number of anilines is 1. The van der Waals surface area contributed by atoms with E-state index in [0.717, 1.165) is 18.5 Å². The fourth-order valence-electron chi connectivity index (χ4n) is 2.50. The highest BCUT2D eigenvalue weighted by atomic mass is 16.4. The van der Waals surface area contributed by atoms with Crippen LogP contribution in [0.2, 0.25) is 0 Å². The van der Waals surface area contributed by atoms with E-state index in [1.807, 2.05) is 24.3 Å². The third kappa shape index (κ3) is 3.57. The standard InChI is InChI=1S/C15H20N2O3/c1-2-11-5-7-12(8-6-11)16-14(18)10-17-9-3-4-13(17)15(19)20/h5-8,13H,2-4,9-10H2,1H3,(H,16,18)(H,19,20). The Morgan fingerprint density at radius 3 is 2.65 bits per heavy atom. The number of carboxylic acids is 1. The highest BCUT2D eigenvalue weighted by Gasteiger charge is 2.31. The van der Waals surface area contributed by atoms with E-state index in [1.54, 1.807) is 4.90 Å².